The zero-order valence-corrected chi connectivity index (χ0v) is 20.3. The Kier molecular flexibility index (Phi) is 7.89. The van der Waals surface area contributed by atoms with Crippen molar-refractivity contribution in [3.63, 3.8) is 0 Å². The van der Waals surface area contributed by atoms with E-state index in [4.69, 9.17) is 14.2 Å². The van der Waals surface area contributed by atoms with Crippen molar-refractivity contribution in [3.05, 3.63) is 138 Å². The van der Waals surface area contributed by atoms with E-state index >= 15 is 0 Å². The predicted molar refractivity (Wildman–Crippen MR) is 144 cm³/mol. The molecule has 2 heterocycles. The Labute approximate surface area is 216 Å². The number of nitrogens with zero attached hydrogens (tertiary/aromatic N) is 2. The van der Waals surface area contributed by atoms with Crippen LogP contribution in [-0.2, 0) is 19.8 Å². The van der Waals surface area contributed by atoms with Gasteiger partial charge >= 0.3 is 0 Å². The Morgan fingerprint density at radius 3 is 1.76 bits per heavy atom. The summed E-state index contributed by atoms with van der Waals surface area (Å²) in [5.74, 6) is 2.23. The number of nitrogens with one attached hydrogen (secondary N) is 1. The highest BCUT2D eigenvalue weighted by molar-refractivity contribution is 5.63. The lowest BCUT2D eigenvalue weighted by molar-refractivity contribution is 0.269. The molecule has 3 aromatic carbocycles. The van der Waals surface area contributed by atoms with Crippen LogP contribution in [0.15, 0.2) is 121 Å². The lowest BCUT2D eigenvalue weighted by Gasteiger charge is -2.14. The minimum absolute atomic E-state index is 0.373. The molecule has 5 rings (SSSR count). The molecule has 0 amide bonds. The third-order valence-electron chi connectivity index (χ3n) is 5.53. The van der Waals surface area contributed by atoms with Gasteiger partial charge in [-0.1, -0.05) is 91.0 Å². The van der Waals surface area contributed by atoms with Gasteiger partial charge in [0.1, 0.15) is 37.1 Å². The van der Waals surface area contributed by atoms with Crippen LogP contribution in [0.5, 0.6) is 17.5 Å². The average molecular weight is 490 g/mol. The first kappa shape index (κ1) is 23.9. The molecule has 184 valence electrons. The van der Waals surface area contributed by atoms with Gasteiger partial charge in [0.05, 0.1) is 0 Å². The molecule has 0 bridgehead atoms. The monoisotopic (exact) mass is 489 g/mol. The Morgan fingerprint density at radius 2 is 1.14 bits per heavy atom. The lowest BCUT2D eigenvalue weighted by Crippen LogP contribution is -2.04. The van der Waals surface area contributed by atoms with E-state index in [9.17, 15) is 0 Å². The second-order valence-electron chi connectivity index (χ2n) is 8.33. The molecule has 0 saturated carbocycles. The minimum Gasteiger partial charge on any atom is -0.489 e. The summed E-state index contributed by atoms with van der Waals surface area (Å²) < 4.78 is 18.0. The van der Waals surface area contributed by atoms with Gasteiger partial charge in [0, 0.05) is 18.3 Å². The van der Waals surface area contributed by atoms with E-state index in [1.807, 2.05) is 115 Å². The summed E-state index contributed by atoms with van der Waals surface area (Å²) in [4.78, 5) is 9.07. The fraction of sp³-hybridized carbons (Fsp3) is 0.0968. The smallest absolute Gasteiger partial charge is 0.241 e. The fourth-order valence-corrected chi connectivity index (χ4v) is 3.61. The summed E-state index contributed by atoms with van der Waals surface area (Å²) in [7, 11) is 0. The summed E-state index contributed by atoms with van der Waals surface area (Å²) in [6, 6.07) is 37.4. The van der Waals surface area contributed by atoms with E-state index in [-0.39, 0.29) is 0 Å². The van der Waals surface area contributed by atoms with Crippen LogP contribution < -0.4 is 19.5 Å². The van der Waals surface area contributed by atoms with Gasteiger partial charge in [-0.3, -0.25) is 0 Å². The molecule has 2 aromatic heterocycles. The summed E-state index contributed by atoms with van der Waals surface area (Å²) in [5.41, 5.74) is 3.88. The molecule has 0 aliphatic heterocycles. The maximum atomic E-state index is 6.11. The first-order valence-electron chi connectivity index (χ1n) is 12.1. The molecule has 0 aliphatic carbocycles. The van der Waals surface area contributed by atoms with Crippen LogP contribution in [0.2, 0.25) is 0 Å². The van der Waals surface area contributed by atoms with E-state index in [1.165, 1.54) is 0 Å². The molecule has 1 N–H and O–H groups in total. The number of ether oxygens (including phenoxy) is 3. The van der Waals surface area contributed by atoms with Crippen molar-refractivity contribution in [1.29, 1.82) is 0 Å². The molecule has 0 aliphatic rings. The zero-order valence-electron chi connectivity index (χ0n) is 20.3. The fourth-order valence-electron chi connectivity index (χ4n) is 3.61. The van der Waals surface area contributed by atoms with Gasteiger partial charge in [0.2, 0.25) is 11.8 Å². The largest absolute Gasteiger partial charge is 0.489 e. The third kappa shape index (κ3) is 7.08. The Hall–Kier alpha value is -4.84. The van der Waals surface area contributed by atoms with E-state index in [0.29, 0.717) is 48.8 Å². The van der Waals surface area contributed by atoms with Crippen molar-refractivity contribution in [1.82, 2.24) is 9.97 Å². The summed E-state index contributed by atoms with van der Waals surface area (Å²) in [6.45, 7) is 1.27. The van der Waals surface area contributed by atoms with E-state index in [0.717, 1.165) is 16.7 Å². The van der Waals surface area contributed by atoms with Crippen LogP contribution in [-0.4, -0.2) is 9.97 Å². The number of pyridine rings is 2. The SMILES string of the molecule is c1ccc(COc2ccnc(Nc3ccc(OCc4ccccc4)nc3OCc3ccccc3)c2)cc1. The molecule has 0 spiro atoms. The minimum atomic E-state index is 0.373. The highest BCUT2D eigenvalue weighted by atomic mass is 16.5. The van der Waals surface area contributed by atoms with E-state index in [2.05, 4.69) is 15.3 Å². The molecule has 0 unspecified atom stereocenters. The maximum Gasteiger partial charge on any atom is 0.241 e. The predicted octanol–water partition coefficient (Wildman–Crippen LogP) is 6.96. The zero-order chi connectivity index (χ0) is 25.1. The first-order valence-corrected chi connectivity index (χ1v) is 12.1. The highest BCUT2D eigenvalue weighted by Crippen LogP contribution is 2.30. The van der Waals surface area contributed by atoms with Crippen LogP contribution in [0.25, 0.3) is 0 Å². The Bertz CT molecular complexity index is 1400. The standard InChI is InChI=1S/C31H27N3O3/c1-4-10-24(11-5-1)21-35-27-18-19-32-29(20-27)33-28-16-17-30(36-22-25-12-6-2-7-13-25)34-31(28)37-23-26-14-8-3-9-15-26/h1-20H,21-23H2,(H,32,33). The average Bonchev–Trinajstić information content (AvgIpc) is 2.97. The van der Waals surface area contributed by atoms with Gasteiger partial charge in [-0.15, -0.1) is 0 Å². The third-order valence-corrected chi connectivity index (χ3v) is 5.53. The molecule has 37 heavy (non-hydrogen) atoms. The topological polar surface area (TPSA) is 65.5 Å². The number of hydrogen-bond acceptors (Lipinski definition) is 6. The van der Waals surface area contributed by atoms with Crippen molar-refractivity contribution in [2.24, 2.45) is 0 Å². The molecular formula is C31H27N3O3. The highest BCUT2D eigenvalue weighted by Gasteiger charge is 2.11. The number of aromatic nitrogens is 2. The van der Waals surface area contributed by atoms with Crippen LogP contribution in [0, 0.1) is 0 Å². The Balaban J connectivity index is 1.31. The molecule has 6 nitrogen and oxygen atoms in total. The van der Waals surface area contributed by atoms with Crippen LogP contribution in [0.3, 0.4) is 0 Å². The van der Waals surface area contributed by atoms with E-state index in [1.54, 1.807) is 6.20 Å². The second kappa shape index (κ2) is 12.2. The normalized spacial score (nSPS) is 10.5. The first-order chi connectivity index (χ1) is 18.3. The van der Waals surface area contributed by atoms with E-state index < -0.39 is 0 Å². The summed E-state index contributed by atoms with van der Waals surface area (Å²) >= 11 is 0. The van der Waals surface area contributed by atoms with Gasteiger partial charge in [-0.2, -0.15) is 4.98 Å². The number of anilines is 2. The number of rotatable bonds is 11. The Morgan fingerprint density at radius 1 is 0.568 bits per heavy atom. The van der Waals surface area contributed by atoms with Crippen molar-refractivity contribution in [2.75, 3.05) is 5.32 Å². The van der Waals surface area contributed by atoms with Gasteiger partial charge < -0.3 is 19.5 Å². The molecule has 6 heteroatoms. The van der Waals surface area contributed by atoms with Crippen molar-refractivity contribution in [2.45, 2.75) is 19.8 Å². The van der Waals surface area contributed by atoms with Crippen molar-refractivity contribution < 1.29 is 14.2 Å². The van der Waals surface area contributed by atoms with Crippen LogP contribution in [0.4, 0.5) is 11.5 Å². The molecule has 0 atom stereocenters. The molecule has 5 aromatic rings. The van der Waals surface area contributed by atoms with Crippen LogP contribution in [0.1, 0.15) is 16.7 Å². The van der Waals surface area contributed by atoms with Gasteiger partial charge in [0.25, 0.3) is 0 Å². The van der Waals surface area contributed by atoms with Crippen LogP contribution >= 0.6 is 0 Å². The lowest BCUT2D eigenvalue weighted by atomic mass is 10.2. The maximum absolute atomic E-state index is 6.11. The number of hydrogen-bond donors (Lipinski definition) is 1. The molecule has 0 fully saturated rings. The summed E-state index contributed by atoms with van der Waals surface area (Å²) in [5, 5.41) is 3.31. The molecule has 0 saturated heterocycles. The molecular weight excluding hydrogens is 462 g/mol. The van der Waals surface area contributed by atoms with Gasteiger partial charge in [-0.25, -0.2) is 4.98 Å². The van der Waals surface area contributed by atoms with Crippen molar-refractivity contribution >= 4 is 11.5 Å². The van der Waals surface area contributed by atoms with Crippen molar-refractivity contribution in [3.8, 4) is 17.5 Å². The number of benzene rings is 3. The van der Waals surface area contributed by atoms with Gasteiger partial charge in [0.15, 0.2) is 0 Å². The second-order valence-corrected chi connectivity index (χ2v) is 8.33. The quantitative estimate of drug-likeness (QED) is 0.216. The summed E-state index contributed by atoms with van der Waals surface area (Å²) in [6.07, 6.45) is 1.71. The van der Waals surface area contributed by atoms with Gasteiger partial charge in [-0.05, 0) is 28.8 Å². The molecule has 0 radical (unpaired) electrons.